The highest BCUT2D eigenvalue weighted by atomic mass is 16.5. The molecule has 0 atom stereocenters. The summed E-state index contributed by atoms with van der Waals surface area (Å²) >= 11 is 0. The molecule has 0 saturated carbocycles. The fourth-order valence-corrected chi connectivity index (χ4v) is 3.48. The summed E-state index contributed by atoms with van der Waals surface area (Å²) in [5.41, 5.74) is 1.89. The molecule has 1 heterocycles. The first-order valence-corrected chi connectivity index (χ1v) is 9.70. The van der Waals surface area contributed by atoms with Crippen molar-refractivity contribution in [1.82, 2.24) is 4.90 Å². The van der Waals surface area contributed by atoms with Crippen LogP contribution < -0.4 is 19.1 Å². The summed E-state index contributed by atoms with van der Waals surface area (Å²) < 4.78 is 16.1. The van der Waals surface area contributed by atoms with E-state index in [9.17, 15) is 4.79 Å². The second kappa shape index (κ2) is 9.46. The lowest BCUT2D eigenvalue weighted by Crippen LogP contribution is -3.13. The first-order chi connectivity index (χ1) is 13.6. The first-order valence-electron chi connectivity index (χ1n) is 9.70. The number of ether oxygens (including phenoxy) is 3. The molecule has 1 amide bonds. The van der Waals surface area contributed by atoms with Gasteiger partial charge in [0.15, 0.2) is 0 Å². The maximum Gasteiger partial charge on any atom is 0.254 e. The second-order valence-electron chi connectivity index (χ2n) is 6.90. The zero-order valence-electron chi connectivity index (χ0n) is 16.9. The van der Waals surface area contributed by atoms with Crippen molar-refractivity contribution in [2.75, 3.05) is 47.0 Å². The third kappa shape index (κ3) is 4.95. The Bertz CT molecular complexity index is 761. The molecule has 28 heavy (non-hydrogen) atoms. The van der Waals surface area contributed by atoms with Gasteiger partial charge in [0.2, 0.25) is 0 Å². The third-order valence-corrected chi connectivity index (χ3v) is 5.04. The van der Waals surface area contributed by atoms with Crippen LogP contribution in [-0.4, -0.2) is 57.8 Å². The van der Waals surface area contributed by atoms with Gasteiger partial charge in [0.1, 0.15) is 23.8 Å². The van der Waals surface area contributed by atoms with Crippen molar-refractivity contribution in [3.05, 3.63) is 53.6 Å². The van der Waals surface area contributed by atoms with Gasteiger partial charge < -0.3 is 24.0 Å². The standard InChI is InChI=1S/C22H28N2O4/c1-4-28-19-7-5-17(6-8-19)16-23-9-11-24(12-10-23)22(25)18-13-20(26-2)15-21(14-18)27-3/h5-8,13-15H,4,9-12,16H2,1-3H3/p+1. The number of nitrogens with zero attached hydrogens (tertiary/aromatic N) is 1. The molecule has 0 spiro atoms. The highest BCUT2D eigenvalue weighted by Gasteiger charge is 2.25. The second-order valence-corrected chi connectivity index (χ2v) is 6.90. The molecular formula is C22H29N2O4+. The largest absolute Gasteiger partial charge is 0.497 e. The minimum atomic E-state index is 0.0253. The van der Waals surface area contributed by atoms with Crippen molar-refractivity contribution in [1.29, 1.82) is 0 Å². The Morgan fingerprint density at radius 2 is 1.57 bits per heavy atom. The van der Waals surface area contributed by atoms with E-state index in [2.05, 4.69) is 12.1 Å². The van der Waals surface area contributed by atoms with Crippen molar-refractivity contribution < 1.29 is 23.9 Å². The zero-order chi connectivity index (χ0) is 19.9. The average Bonchev–Trinajstić information content (AvgIpc) is 2.75. The van der Waals surface area contributed by atoms with Crippen LogP contribution >= 0.6 is 0 Å². The average molecular weight is 385 g/mol. The summed E-state index contributed by atoms with van der Waals surface area (Å²) in [5.74, 6) is 2.19. The molecule has 0 aromatic heterocycles. The van der Waals surface area contributed by atoms with E-state index in [0.717, 1.165) is 38.5 Å². The van der Waals surface area contributed by atoms with Crippen molar-refractivity contribution in [3.8, 4) is 17.2 Å². The van der Waals surface area contributed by atoms with Gasteiger partial charge in [0.25, 0.3) is 5.91 Å². The lowest BCUT2D eigenvalue weighted by atomic mass is 10.1. The van der Waals surface area contributed by atoms with Crippen LogP contribution in [0.4, 0.5) is 0 Å². The summed E-state index contributed by atoms with van der Waals surface area (Å²) in [7, 11) is 3.18. The lowest BCUT2D eigenvalue weighted by molar-refractivity contribution is -0.917. The van der Waals surface area contributed by atoms with Gasteiger partial charge in [-0.05, 0) is 43.3 Å². The number of amides is 1. The van der Waals surface area contributed by atoms with Crippen LogP contribution in [-0.2, 0) is 6.54 Å². The van der Waals surface area contributed by atoms with E-state index < -0.39 is 0 Å². The predicted octanol–water partition coefficient (Wildman–Crippen LogP) is 1.64. The summed E-state index contributed by atoms with van der Waals surface area (Å²) in [6, 6.07) is 13.6. The normalized spacial score (nSPS) is 14.6. The molecule has 1 saturated heterocycles. The van der Waals surface area contributed by atoms with E-state index in [-0.39, 0.29) is 5.91 Å². The quantitative estimate of drug-likeness (QED) is 0.787. The Balaban J connectivity index is 1.56. The van der Waals surface area contributed by atoms with Crippen LogP contribution in [0.15, 0.2) is 42.5 Å². The van der Waals surface area contributed by atoms with Crippen LogP contribution in [0.1, 0.15) is 22.8 Å². The van der Waals surface area contributed by atoms with Crippen LogP contribution in [0.25, 0.3) is 0 Å². The Kier molecular flexibility index (Phi) is 6.76. The van der Waals surface area contributed by atoms with Crippen LogP contribution in [0, 0.1) is 0 Å². The van der Waals surface area contributed by atoms with Gasteiger partial charge >= 0.3 is 0 Å². The van der Waals surface area contributed by atoms with Crippen LogP contribution in [0.5, 0.6) is 17.2 Å². The molecule has 2 aromatic rings. The van der Waals surface area contributed by atoms with Crippen LogP contribution in [0.2, 0.25) is 0 Å². The summed E-state index contributed by atoms with van der Waals surface area (Å²) in [6.45, 7) is 6.97. The fraction of sp³-hybridized carbons (Fsp3) is 0.409. The molecule has 0 radical (unpaired) electrons. The Morgan fingerprint density at radius 3 is 2.11 bits per heavy atom. The Labute approximate surface area is 166 Å². The summed E-state index contributed by atoms with van der Waals surface area (Å²) in [4.78, 5) is 16.3. The fourth-order valence-electron chi connectivity index (χ4n) is 3.48. The molecule has 6 heteroatoms. The maximum atomic E-state index is 12.9. The number of methoxy groups -OCH3 is 2. The SMILES string of the molecule is CCOc1ccc(C[NH+]2CCN(C(=O)c3cc(OC)cc(OC)c3)CC2)cc1. The minimum absolute atomic E-state index is 0.0253. The molecule has 1 fully saturated rings. The molecule has 1 aliphatic rings. The third-order valence-electron chi connectivity index (χ3n) is 5.04. The summed E-state index contributed by atoms with van der Waals surface area (Å²) in [5, 5.41) is 0. The molecule has 1 aliphatic heterocycles. The number of nitrogens with one attached hydrogen (secondary N) is 1. The number of rotatable bonds is 7. The van der Waals surface area contributed by atoms with Gasteiger partial charge in [-0.2, -0.15) is 0 Å². The molecule has 6 nitrogen and oxygen atoms in total. The van der Waals surface area contributed by atoms with Crippen molar-refractivity contribution in [3.63, 3.8) is 0 Å². The summed E-state index contributed by atoms with van der Waals surface area (Å²) in [6.07, 6.45) is 0. The molecule has 3 rings (SSSR count). The van der Waals surface area contributed by atoms with Crippen LogP contribution in [0.3, 0.4) is 0 Å². The smallest absolute Gasteiger partial charge is 0.254 e. The van der Waals surface area contributed by atoms with Crippen molar-refractivity contribution in [2.24, 2.45) is 0 Å². The highest BCUT2D eigenvalue weighted by molar-refractivity contribution is 5.95. The minimum Gasteiger partial charge on any atom is -0.497 e. The highest BCUT2D eigenvalue weighted by Crippen LogP contribution is 2.23. The Morgan fingerprint density at radius 1 is 0.964 bits per heavy atom. The van der Waals surface area contributed by atoms with Gasteiger partial charge in [-0.15, -0.1) is 0 Å². The number of hydrogen-bond donors (Lipinski definition) is 1. The zero-order valence-corrected chi connectivity index (χ0v) is 16.9. The van der Waals surface area contributed by atoms with E-state index in [0.29, 0.717) is 23.7 Å². The molecular weight excluding hydrogens is 356 g/mol. The predicted molar refractivity (Wildman–Crippen MR) is 107 cm³/mol. The number of benzene rings is 2. The number of quaternary nitrogens is 1. The molecule has 0 aliphatic carbocycles. The van der Waals surface area contributed by atoms with Gasteiger partial charge in [0.05, 0.1) is 47.0 Å². The van der Waals surface area contributed by atoms with Gasteiger partial charge in [-0.25, -0.2) is 0 Å². The first kappa shape index (κ1) is 20.0. The number of hydrogen-bond acceptors (Lipinski definition) is 4. The molecule has 1 N–H and O–H groups in total. The number of piperazine rings is 1. The monoisotopic (exact) mass is 385 g/mol. The molecule has 2 aromatic carbocycles. The van der Waals surface area contributed by atoms with E-state index in [1.165, 1.54) is 10.5 Å². The molecule has 0 unspecified atom stereocenters. The maximum absolute atomic E-state index is 12.9. The van der Waals surface area contributed by atoms with E-state index in [4.69, 9.17) is 14.2 Å². The van der Waals surface area contributed by atoms with E-state index >= 15 is 0 Å². The van der Waals surface area contributed by atoms with E-state index in [1.54, 1.807) is 32.4 Å². The topological polar surface area (TPSA) is 52.4 Å². The number of carbonyl (C=O) groups excluding carboxylic acids is 1. The Hall–Kier alpha value is -2.73. The van der Waals surface area contributed by atoms with Gasteiger partial charge in [-0.3, -0.25) is 4.79 Å². The van der Waals surface area contributed by atoms with Gasteiger partial charge in [0, 0.05) is 17.2 Å². The molecule has 150 valence electrons. The number of carbonyl (C=O) groups is 1. The molecule has 0 bridgehead atoms. The van der Waals surface area contributed by atoms with Crippen molar-refractivity contribution in [2.45, 2.75) is 13.5 Å². The lowest BCUT2D eigenvalue weighted by Gasteiger charge is -2.32. The van der Waals surface area contributed by atoms with E-state index in [1.807, 2.05) is 24.0 Å². The van der Waals surface area contributed by atoms with Gasteiger partial charge in [-0.1, -0.05) is 0 Å². The van der Waals surface area contributed by atoms with Crippen molar-refractivity contribution >= 4 is 5.91 Å².